The van der Waals surface area contributed by atoms with Gasteiger partial charge in [0.2, 0.25) is 0 Å². The van der Waals surface area contributed by atoms with Crippen molar-refractivity contribution in [1.29, 1.82) is 0 Å². The predicted octanol–water partition coefficient (Wildman–Crippen LogP) is 2.74. The van der Waals surface area contributed by atoms with Crippen molar-refractivity contribution in [3.05, 3.63) is 41.5 Å². The van der Waals surface area contributed by atoms with Gasteiger partial charge in [-0.2, -0.15) is 0 Å². The first-order valence-corrected chi connectivity index (χ1v) is 4.97. The van der Waals surface area contributed by atoms with E-state index in [1.165, 1.54) is 18.1 Å². The Balaban J connectivity index is 2.16. The Hall–Kier alpha value is -0.975. The number of benzene rings is 1. The van der Waals surface area contributed by atoms with Gasteiger partial charge in [-0.15, -0.1) is 0 Å². The Kier molecular flexibility index (Phi) is 2.26. The Bertz CT molecular complexity index is 310. The average Bonchev–Trinajstić information content (AvgIpc) is 2.49. The summed E-state index contributed by atoms with van der Waals surface area (Å²) in [4.78, 5) is 0. The fourth-order valence-electron chi connectivity index (χ4n) is 2.12. The summed E-state index contributed by atoms with van der Waals surface area (Å²) in [6.45, 7) is 5.28. The van der Waals surface area contributed by atoms with Crippen LogP contribution in [0.5, 0.6) is 0 Å². The van der Waals surface area contributed by atoms with Crippen LogP contribution in [0.2, 0.25) is 12.6 Å². The first-order chi connectivity index (χ1) is 6.27. The fraction of sp³-hybridized carbons (Fsp3) is 0.333. The first-order valence-electron chi connectivity index (χ1n) is 4.97. The number of rotatable bonds is 1. The van der Waals surface area contributed by atoms with Gasteiger partial charge in [-0.1, -0.05) is 46.9 Å². The highest BCUT2D eigenvalue weighted by molar-refractivity contribution is 6.75. The molecule has 66 valence electrons. The molecule has 0 nitrogen and oxygen atoms in total. The van der Waals surface area contributed by atoms with E-state index >= 15 is 0 Å². The van der Waals surface area contributed by atoms with Gasteiger partial charge in [-0.05, 0) is 26.5 Å². The highest BCUT2D eigenvalue weighted by Gasteiger charge is 2.23. The molecule has 0 fully saturated rings. The fourth-order valence-corrected chi connectivity index (χ4v) is 2.12. The molecule has 0 radical (unpaired) electrons. The molecule has 0 spiro atoms. The second-order valence-corrected chi connectivity index (χ2v) is 4.08. The maximum atomic E-state index is 2.26. The lowest BCUT2D eigenvalue weighted by Gasteiger charge is -2.05. The molecule has 1 aliphatic heterocycles. The Morgan fingerprint density at radius 1 is 0.923 bits per heavy atom. The molecule has 1 aliphatic rings. The van der Waals surface area contributed by atoms with Crippen LogP contribution in [0.25, 0.3) is 0 Å². The van der Waals surface area contributed by atoms with Crippen molar-refractivity contribution in [2.24, 2.45) is 0 Å². The minimum Gasteiger partial charge on any atom is -0.0819 e. The third-order valence-corrected chi connectivity index (χ3v) is 3.10. The predicted molar refractivity (Wildman–Crippen MR) is 59.8 cm³/mol. The van der Waals surface area contributed by atoms with Crippen LogP contribution in [0.3, 0.4) is 0 Å². The van der Waals surface area contributed by atoms with E-state index in [2.05, 4.69) is 44.2 Å². The van der Waals surface area contributed by atoms with Gasteiger partial charge in [0.25, 0.3) is 0 Å². The summed E-state index contributed by atoms with van der Waals surface area (Å²) in [6.07, 6.45) is 2.52. The zero-order valence-corrected chi connectivity index (χ0v) is 8.38. The standard InChI is InChI=1S/C12H15B/c1-10-8-13(9-11(10)2)12-6-4-3-5-7-12/h3-7H,8-9H2,1-2H3. The van der Waals surface area contributed by atoms with Gasteiger partial charge in [0.05, 0.1) is 0 Å². The van der Waals surface area contributed by atoms with E-state index in [9.17, 15) is 0 Å². The van der Waals surface area contributed by atoms with E-state index in [1.807, 2.05) is 0 Å². The van der Waals surface area contributed by atoms with Crippen LogP contribution in [0, 0.1) is 0 Å². The van der Waals surface area contributed by atoms with E-state index in [0.29, 0.717) is 0 Å². The minimum absolute atomic E-state index is 0.751. The van der Waals surface area contributed by atoms with E-state index in [-0.39, 0.29) is 0 Å². The number of hydrogen-bond acceptors (Lipinski definition) is 0. The van der Waals surface area contributed by atoms with E-state index in [0.717, 1.165) is 6.71 Å². The molecule has 0 aromatic heterocycles. The summed E-state index contributed by atoms with van der Waals surface area (Å²) in [6, 6.07) is 10.9. The monoisotopic (exact) mass is 170 g/mol. The zero-order chi connectivity index (χ0) is 9.26. The molecule has 0 atom stereocenters. The van der Waals surface area contributed by atoms with Gasteiger partial charge in [0.15, 0.2) is 6.71 Å². The second kappa shape index (κ2) is 3.41. The third kappa shape index (κ3) is 1.69. The van der Waals surface area contributed by atoms with E-state index < -0.39 is 0 Å². The molecule has 0 saturated carbocycles. The summed E-state index contributed by atoms with van der Waals surface area (Å²) in [5.74, 6) is 0. The molecular weight excluding hydrogens is 155 g/mol. The van der Waals surface area contributed by atoms with Crippen molar-refractivity contribution in [3.63, 3.8) is 0 Å². The minimum atomic E-state index is 0.751. The van der Waals surface area contributed by atoms with Crippen molar-refractivity contribution >= 4 is 12.2 Å². The molecule has 0 unspecified atom stereocenters. The van der Waals surface area contributed by atoms with Crippen LogP contribution < -0.4 is 5.46 Å². The molecule has 13 heavy (non-hydrogen) atoms. The zero-order valence-electron chi connectivity index (χ0n) is 8.38. The van der Waals surface area contributed by atoms with Crippen LogP contribution in [0.4, 0.5) is 0 Å². The molecule has 1 aromatic rings. The SMILES string of the molecule is CC1=C(C)CB(c2ccccc2)C1. The third-order valence-electron chi connectivity index (χ3n) is 3.10. The molecule has 0 saturated heterocycles. The number of allylic oxidation sites excluding steroid dienone is 2. The molecule has 2 rings (SSSR count). The second-order valence-electron chi connectivity index (χ2n) is 4.08. The van der Waals surface area contributed by atoms with Crippen LogP contribution in [-0.4, -0.2) is 6.71 Å². The molecule has 1 heterocycles. The van der Waals surface area contributed by atoms with Crippen molar-refractivity contribution in [2.45, 2.75) is 26.5 Å². The topological polar surface area (TPSA) is 0 Å². The Morgan fingerprint density at radius 3 is 2.00 bits per heavy atom. The largest absolute Gasteiger partial charge is 0.184 e. The van der Waals surface area contributed by atoms with Crippen molar-refractivity contribution < 1.29 is 0 Å². The van der Waals surface area contributed by atoms with E-state index in [4.69, 9.17) is 0 Å². The summed E-state index contributed by atoms with van der Waals surface area (Å²) in [7, 11) is 0. The maximum Gasteiger partial charge on any atom is 0.184 e. The van der Waals surface area contributed by atoms with Crippen molar-refractivity contribution in [1.82, 2.24) is 0 Å². The van der Waals surface area contributed by atoms with Gasteiger partial charge in [-0.25, -0.2) is 0 Å². The summed E-state index contributed by atoms with van der Waals surface area (Å²) in [5.41, 5.74) is 4.68. The van der Waals surface area contributed by atoms with Crippen LogP contribution in [0.15, 0.2) is 41.5 Å². The summed E-state index contributed by atoms with van der Waals surface area (Å²) >= 11 is 0. The van der Waals surface area contributed by atoms with E-state index in [1.54, 1.807) is 11.1 Å². The lowest BCUT2D eigenvalue weighted by molar-refractivity contribution is 1.28. The van der Waals surface area contributed by atoms with Gasteiger partial charge in [0.1, 0.15) is 0 Å². The molecule has 0 bridgehead atoms. The van der Waals surface area contributed by atoms with Crippen molar-refractivity contribution in [3.8, 4) is 0 Å². The van der Waals surface area contributed by atoms with Gasteiger partial charge in [0, 0.05) is 0 Å². The highest BCUT2D eigenvalue weighted by Crippen LogP contribution is 2.26. The smallest absolute Gasteiger partial charge is 0.0819 e. The van der Waals surface area contributed by atoms with Gasteiger partial charge >= 0.3 is 0 Å². The normalized spacial score (nSPS) is 16.9. The lowest BCUT2D eigenvalue weighted by Crippen LogP contribution is -2.26. The van der Waals surface area contributed by atoms with Crippen LogP contribution >= 0.6 is 0 Å². The average molecular weight is 170 g/mol. The van der Waals surface area contributed by atoms with Crippen LogP contribution in [0.1, 0.15) is 13.8 Å². The van der Waals surface area contributed by atoms with Gasteiger partial charge < -0.3 is 0 Å². The molecule has 0 N–H and O–H groups in total. The Morgan fingerprint density at radius 2 is 1.46 bits per heavy atom. The van der Waals surface area contributed by atoms with Gasteiger partial charge in [-0.3, -0.25) is 0 Å². The molecule has 1 aromatic carbocycles. The lowest BCUT2D eigenvalue weighted by atomic mass is 9.42. The molecule has 0 amide bonds. The molecule has 1 heteroatoms. The maximum absolute atomic E-state index is 2.26. The summed E-state index contributed by atoms with van der Waals surface area (Å²) in [5, 5.41) is 0. The quantitative estimate of drug-likeness (QED) is 0.449. The highest BCUT2D eigenvalue weighted by atomic mass is 14.1. The van der Waals surface area contributed by atoms with Crippen LogP contribution in [-0.2, 0) is 0 Å². The molecule has 0 aliphatic carbocycles. The summed E-state index contributed by atoms with van der Waals surface area (Å²) < 4.78 is 0. The Labute approximate surface area is 80.7 Å². The first kappa shape index (κ1) is 8.62. The molecular formula is C12H15B. The van der Waals surface area contributed by atoms with Crippen molar-refractivity contribution in [2.75, 3.05) is 0 Å². The number of hydrogen-bond donors (Lipinski definition) is 0.